The van der Waals surface area contributed by atoms with Gasteiger partial charge in [0.25, 0.3) is 0 Å². The van der Waals surface area contributed by atoms with Gasteiger partial charge >= 0.3 is 0 Å². The van der Waals surface area contributed by atoms with Gasteiger partial charge in [0.2, 0.25) is 0 Å². The Bertz CT molecular complexity index is 348. The van der Waals surface area contributed by atoms with Crippen LogP contribution in [0.1, 0.15) is 44.1 Å². The van der Waals surface area contributed by atoms with E-state index in [0.717, 1.165) is 12.5 Å². The van der Waals surface area contributed by atoms with Crippen molar-refractivity contribution in [3.63, 3.8) is 0 Å². The second kappa shape index (κ2) is 5.85. The minimum absolute atomic E-state index is 0.507. The number of aliphatic imine (C=N–C) groups is 1. The van der Waals surface area contributed by atoms with Crippen LogP contribution in [0, 0.1) is 0 Å². The second-order valence-corrected chi connectivity index (χ2v) is 4.84. The molecule has 17 heavy (non-hydrogen) atoms. The molecule has 1 N–H and O–H groups in total. The zero-order valence-electron chi connectivity index (χ0n) is 10.7. The Kier molecular flexibility index (Phi) is 4.18. The molecule has 0 saturated heterocycles. The molecule has 1 saturated carbocycles. The number of benzene rings is 1. The summed E-state index contributed by atoms with van der Waals surface area (Å²) in [6, 6.07) is 9.43. The van der Waals surface area contributed by atoms with Gasteiger partial charge in [0.15, 0.2) is 0 Å². The standard InChI is InChI=1S/C15H22N2/c1-3-17-15-10-6-13(7-11-15)12-4-8-14(16-2)9-5-12/h6-7,10-12,14,17H,2-5,8-9H2,1H3. The molecule has 0 aromatic heterocycles. The zero-order valence-corrected chi connectivity index (χ0v) is 10.7. The van der Waals surface area contributed by atoms with Crippen molar-refractivity contribution in [2.75, 3.05) is 11.9 Å². The Hall–Kier alpha value is -1.31. The fourth-order valence-corrected chi connectivity index (χ4v) is 2.67. The molecule has 1 aliphatic carbocycles. The Labute approximate surface area is 104 Å². The van der Waals surface area contributed by atoms with Crippen LogP contribution < -0.4 is 5.32 Å². The highest BCUT2D eigenvalue weighted by molar-refractivity contribution is 5.45. The van der Waals surface area contributed by atoms with E-state index in [4.69, 9.17) is 0 Å². The van der Waals surface area contributed by atoms with Crippen molar-refractivity contribution < 1.29 is 0 Å². The van der Waals surface area contributed by atoms with Crippen molar-refractivity contribution in [1.82, 2.24) is 0 Å². The molecule has 0 radical (unpaired) electrons. The highest BCUT2D eigenvalue weighted by Gasteiger charge is 2.20. The fourth-order valence-electron chi connectivity index (χ4n) is 2.67. The Morgan fingerprint density at radius 3 is 2.35 bits per heavy atom. The molecule has 1 fully saturated rings. The summed E-state index contributed by atoms with van der Waals surface area (Å²) in [6.45, 7) is 6.76. The summed E-state index contributed by atoms with van der Waals surface area (Å²) in [5.74, 6) is 0.726. The highest BCUT2D eigenvalue weighted by Crippen LogP contribution is 2.34. The van der Waals surface area contributed by atoms with Gasteiger partial charge in [-0.25, -0.2) is 0 Å². The SMILES string of the molecule is C=NC1CCC(c2ccc(NCC)cc2)CC1. The number of anilines is 1. The lowest BCUT2D eigenvalue weighted by molar-refractivity contribution is 0.398. The minimum Gasteiger partial charge on any atom is -0.385 e. The van der Waals surface area contributed by atoms with Crippen molar-refractivity contribution in [3.05, 3.63) is 29.8 Å². The highest BCUT2D eigenvalue weighted by atomic mass is 14.8. The molecule has 0 amide bonds. The largest absolute Gasteiger partial charge is 0.385 e. The number of hydrogen-bond donors (Lipinski definition) is 1. The van der Waals surface area contributed by atoms with Gasteiger partial charge in [0.1, 0.15) is 0 Å². The predicted octanol–water partition coefficient (Wildman–Crippen LogP) is 3.85. The molecule has 1 aromatic carbocycles. The molecule has 2 heteroatoms. The number of rotatable bonds is 4. The maximum atomic E-state index is 4.15. The molecule has 0 atom stereocenters. The summed E-state index contributed by atoms with van der Waals surface area (Å²) < 4.78 is 0. The van der Waals surface area contributed by atoms with E-state index in [9.17, 15) is 0 Å². The molecule has 0 aliphatic heterocycles. The summed E-state index contributed by atoms with van der Waals surface area (Å²) >= 11 is 0. The molecule has 1 aliphatic rings. The first-order valence-electron chi connectivity index (χ1n) is 6.63. The van der Waals surface area contributed by atoms with Gasteiger partial charge < -0.3 is 5.32 Å². The molecular formula is C15H22N2. The Balaban J connectivity index is 1.96. The summed E-state index contributed by atoms with van der Waals surface area (Å²) in [5, 5.41) is 3.33. The maximum Gasteiger partial charge on any atom is 0.0492 e. The quantitative estimate of drug-likeness (QED) is 0.781. The van der Waals surface area contributed by atoms with E-state index in [1.54, 1.807) is 0 Å². The van der Waals surface area contributed by atoms with Crippen LogP contribution in [0.4, 0.5) is 5.69 Å². The van der Waals surface area contributed by atoms with Gasteiger partial charge in [-0.15, -0.1) is 0 Å². The number of nitrogens with zero attached hydrogens (tertiary/aromatic N) is 1. The molecule has 2 rings (SSSR count). The van der Waals surface area contributed by atoms with E-state index in [-0.39, 0.29) is 0 Å². The van der Waals surface area contributed by atoms with E-state index < -0.39 is 0 Å². The van der Waals surface area contributed by atoms with Crippen molar-refractivity contribution in [3.8, 4) is 0 Å². The van der Waals surface area contributed by atoms with Gasteiger partial charge in [-0.05, 0) is 62.9 Å². The van der Waals surface area contributed by atoms with Gasteiger partial charge in [-0.1, -0.05) is 12.1 Å². The van der Waals surface area contributed by atoms with Crippen molar-refractivity contribution >= 4 is 12.4 Å². The normalized spacial score (nSPS) is 24.3. The molecule has 2 nitrogen and oxygen atoms in total. The summed E-state index contributed by atoms with van der Waals surface area (Å²) in [6.07, 6.45) is 4.90. The summed E-state index contributed by atoms with van der Waals surface area (Å²) in [5.41, 5.74) is 2.70. The lowest BCUT2D eigenvalue weighted by Crippen LogP contribution is -2.15. The van der Waals surface area contributed by atoms with Crippen LogP contribution in [-0.2, 0) is 0 Å². The van der Waals surface area contributed by atoms with Crippen LogP contribution in [0.3, 0.4) is 0 Å². The molecule has 0 heterocycles. The van der Waals surface area contributed by atoms with Crippen LogP contribution in [-0.4, -0.2) is 19.3 Å². The van der Waals surface area contributed by atoms with Crippen molar-refractivity contribution in [1.29, 1.82) is 0 Å². The van der Waals surface area contributed by atoms with E-state index in [1.165, 1.54) is 36.9 Å². The van der Waals surface area contributed by atoms with Gasteiger partial charge in [-0.3, -0.25) is 4.99 Å². The predicted molar refractivity (Wildman–Crippen MR) is 75.2 cm³/mol. The topological polar surface area (TPSA) is 24.4 Å². The lowest BCUT2D eigenvalue weighted by Gasteiger charge is -2.26. The molecule has 0 unspecified atom stereocenters. The third-order valence-corrected chi connectivity index (χ3v) is 3.72. The number of hydrogen-bond acceptors (Lipinski definition) is 2. The second-order valence-electron chi connectivity index (χ2n) is 4.84. The van der Waals surface area contributed by atoms with E-state index in [1.807, 2.05) is 0 Å². The third-order valence-electron chi connectivity index (χ3n) is 3.72. The zero-order chi connectivity index (χ0) is 12.1. The first-order valence-corrected chi connectivity index (χ1v) is 6.63. The Morgan fingerprint density at radius 1 is 1.18 bits per heavy atom. The first-order chi connectivity index (χ1) is 8.33. The molecule has 92 valence electrons. The van der Waals surface area contributed by atoms with Crippen LogP contribution in [0.25, 0.3) is 0 Å². The van der Waals surface area contributed by atoms with E-state index in [2.05, 4.69) is 48.2 Å². The van der Waals surface area contributed by atoms with Crippen molar-refractivity contribution in [2.45, 2.75) is 44.6 Å². The summed E-state index contributed by atoms with van der Waals surface area (Å²) in [7, 11) is 0. The molecule has 0 spiro atoms. The van der Waals surface area contributed by atoms with Crippen LogP contribution >= 0.6 is 0 Å². The van der Waals surface area contributed by atoms with Crippen LogP contribution in [0.2, 0.25) is 0 Å². The van der Waals surface area contributed by atoms with Crippen LogP contribution in [0.5, 0.6) is 0 Å². The van der Waals surface area contributed by atoms with E-state index >= 15 is 0 Å². The first kappa shape index (κ1) is 12.2. The number of nitrogens with one attached hydrogen (secondary N) is 1. The summed E-state index contributed by atoms with van der Waals surface area (Å²) in [4.78, 5) is 4.15. The minimum atomic E-state index is 0.507. The van der Waals surface area contributed by atoms with Gasteiger partial charge in [-0.2, -0.15) is 0 Å². The monoisotopic (exact) mass is 230 g/mol. The van der Waals surface area contributed by atoms with Gasteiger partial charge in [0, 0.05) is 18.3 Å². The lowest BCUT2D eigenvalue weighted by atomic mass is 9.82. The average molecular weight is 230 g/mol. The smallest absolute Gasteiger partial charge is 0.0492 e. The fraction of sp³-hybridized carbons (Fsp3) is 0.533. The van der Waals surface area contributed by atoms with E-state index in [0.29, 0.717) is 6.04 Å². The van der Waals surface area contributed by atoms with Crippen LogP contribution in [0.15, 0.2) is 29.3 Å². The molecule has 1 aromatic rings. The average Bonchev–Trinajstić information content (AvgIpc) is 2.40. The molecular weight excluding hydrogens is 208 g/mol. The van der Waals surface area contributed by atoms with Crippen molar-refractivity contribution in [2.24, 2.45) is 4.99 Å². The Morgan fingerprint density at radius 2 is 1.82 bits per heavy atom. The van der Waals surface area contributed by atoms with Gasteiger partial charge in [0.05, 0.1) is 0 Å². The molecule has 0 bridgehead atoms. The maximum absolute atomic E-state index is 4.15. The third kappa shape index (κ3) is 3.09.